The lowest BCUT2D eigenvalue weighted by molar-refractivity contribution is -0.274. The monoisotopic (exact) mass is 394 g/mol. The van der Waals surface area contributed by atoms with Crippen LogP contribution in [0, 0.1) is 12.8 Å². The quantitative estimate of drug-likeness (QED) is 0.762. The maximum absolute atomic E-state index is 12.5. The van der Waals surface area contributed by atoms with E-state index in [0.29, 0.717) is 31.2 Å². The van der Waals surface area contributed by atoms with Crippen molar-refractivity contribution in [3.8, 4) is 11.5 Å². The van der Waals surface area contributed by atoms with Gasteiger partial charge in [0, 0.05) is 36.6 Å². The number of aromatic nitrogens is 1. The molecule has 0 atom stereocenters. The lowest BCUT2D eigenvalue weighted by Crippen LogP contribution is -2.39. The number of rotatable bonds is 5. The van der Waals surface area contributed by atoms with E-state index in [0.717, 1.165) is 36.4 Å². The molecule has 1 aliphatic rings. The number of nitrogens with zero attached hydrogens (tertiary/aromatic N) is 2. The Labute approximate surface area is 161 Å². The molecule has 3 rings (SSSR count). The van der Waals surface area contributed by atoms with Crippen LogP contribution in [0.15, 0.2) is 42.6 Å². The standard InChI is InChI=1S/C20H21F3N2O3/c1-14-12-18(6-9-24-14)27-13-15-7-10-25(11-8-15)19(26)16-2-4-17(5-3-16)28-20(21,22)23/h2-6,9,12,15H,7-8,10-11,13H2,1H3. The number of amides is 1. The molecule has 0 unspecified atom stereocenters. The minimum absolute atomic E-state index is 0.192. The fraction of sp³-hybridized carbons (Fsp3) is 0.400. The van der Waals surface area contributed by atoms with Crippen molar-refractivity contribution in [3.05, 3.63) is 53.9 Å². The fourth-order valence-electron chi connectivity index (χ4n) is 3.11. The van der Waals surface area contributed by atoms with E-state index in [1.54, 1.807) is 11.1 Å². The molecule has 0 aliphatic carbocycles. The Kier molecular flexibility index (Phi) is 6.06. The van der Waals surface area contributed by atoms with E-state index in [1.165, 1.54) is 12.1 Å². The third-order valence-corrected chi connectivity index (χ3v) is 4.59. The summed E-state index contributed by atoms with van der Waals surface area (Å²) in [5.41, 5.74) is 1.24. The van der Waals surface area contributed by atoms with Gasteiger partial charge in [-0.15, -0.1) is 13.2 Å². The molecule has 0 spiro atoms. The van der Waals surface area contributed by atoms with E-state index >= 15 is 0 Å². The molecule has 1 saturated heterocycles. The predicted molar refractivity (Wildman–Crippen MR) is 96.2 cm³/mol. The van der Waals surface area contributed by atoms with Gasteiger partial charge in [0.2, 0.25) is 0 Å². The van der Waals surface area contributed by atoms with Crippen molar-refractivity contribution in [1.82, 2.24) is 9.88 Å². The zero-order valence-corrected chi connectivity index (χ0v) is 15.4. The molecule has 1 aliphatic heterocycles. The molecule has 150 valence electrons. The highest BCUT2D eigenvalue weighted by Gasteiger charge is 2.31. The first-order valence-electron chi connectivity index (χ1n) is 9.01. The van der Waals surface area contributed by atoms with Crippen LogP contribution in [-0.4, -0.2) is 41.8 Å². The molecule has 1 aromatic heterocycles. The third-order valence-electron chi connectivity index (χ3n) is 4.59. The van der Waals surface area contributed by atoms with Crippen LogP contribution >= 0.6 is 0 Å². The molecule has 2 aromatic rings. The highest BCUT2D eigenvalue weighted by molar-refractivity contribution is 5.94. The van der Waals surface area contributed by atoms with Crippen LogP contribution in [0.25, 0.3) is 0 Å². The molecule has 1 aromatic carbocycles. The van der Waals surface area contributed by atoms with E-state index < -0.39 is 6.36 Å². The van der Waals surface area contributed by atoms with Crippen molar-refractivity contribution < 1.29 is 27.4 Å². The number of ether oxygens (including phenoxy) is 2. The summed E-state index contributed by atoms with van der Waals surface area (Å²) in [4.78, 5) is 18.4. The average molecular weight is 394 g/mol. The summed E-state index contributed by atoms with van der Waals surface area (Å²) >= 11 is 0. The SMILES string of the molecule is Cc1cc(OCC2CCN(C(=O)c3ccc(OC(F)(F)F)cc3)CC2)ccn1. The molecule has 28 heavy (non-hydrogen) atoms. The maximum Gasteiger partial charge on any atom is 0.573 e. The number of aryl methyl sites for hydroxylation is 1. The van der Waals surface area contributed by atoms with Crippen molar-refractivity contribution >= 4 is 5.91 Å². The molecule has 5 nitrogen and oxygen atoms in total. The number of hydrogen-bond acceptors (Lipinski definition) is 4. The summed E-state index contributed by atoms with van der Waals surface area (Å²) in [5, 5.41) is 0. The van der Waals surface area contributed by atoms with Crippen molar-refractivity contribution in [2.45, 2.75) is 26.1 Å². The lowest BCUT2D eigenvalue weighted by atomic mass is 9.97. The first kappa shape index (κ1) is 20.0. The van der Waals surface area contributed by atoms with Gasteiger partial charge in [-0.25, -0.2) is 0 Å². The zero-order valence-electron chi connectivity index (χ0n) is 15.4. The number of hydrogen-bond donors (Lipinski definition) is 0. The highest BCUT2D eigenvalue weighted by atomic mass is 19.4. The van der Waals surface area contributed by atoms with Crippen molar-refractivity contribution in [2.75, 3.05) is 19.7 Å². The van der Waals surface area contributed by atoms with Gasteiger partial charge in [0.05, 0.1) is 6.61 Å². The third kappa shape index (κ3) is 5.61. The van der Waals surface area contributed by atoms with Crippen LogP contribution in [0.3, 0.4) is 0 Å². The summed E-state index contributed by atoms with van der Waals surface area (Å²) in [7, 11) is 0. The molecule has 0 bridgehead atoms. The number of pyridine rings is 1. The van der Waals surface area contributed by atoms with Gasteiger partial charge in [0.25, 0.3) is 5.91 Å². The summed E-state index contributed by atoms with van der Waals surface area (Å²) in [6.07, 6.45) is -1.42. The highest BCUT2D eigenvalue weighted by Crippen LogP contribution is 2.24. The first-order valence-corrected chi connectivity index (χ1v) is 9.01. The van der Waals surface area contributed by atoms with Gasteiger partial charge in [-0.1, -0.05) is 0 Å². The Hall–Kier alpha value is -2.77. The van der Waals surface area contributed by atoms with Gasteiger partial charge in [-0.2, -0.15) is 0 Å². The van der Waals surface area contributed by atoms with E-state index in [2.05, 4.69) is 9.72 Å². The number of benzene rings is 1. The minimum Gasteiger partial charge on any atom is -0.493 e. The largest absolute Gasteiger partial charge is 0.573 e. The van der Waals surface area contributed by atoms with Gasteiger partial charge < -0.3 is 14.4 Å². The van der Waals surface area contributed by atoms with Gasteiger partial charge in [0.15, 0.2) is 0 Å². The number of halogens is 3. The topological polar surface area (TPSA) is 51.7 Å². The number of carbonyl (C=O) groups is 1. The van der Waals surface area contributed by atoms with E-state index in [1.807, 2.05) is 19.1 Å². The van der Waals surface area contributed by atoms with E-state index in [4.69, 9.17) is 4.74 Å². The molecule has 0 radical (unpaired) electrons. The Morgan fingerprint density at radius 3 is 2.43 bits per heavy atom. The Morgan fingerprint density at radius 2 is 1.82 bits per heavy atom. The lowest BCUT2D eigenvalue weighted by Gasteiger charge is -2.32. The molecular weight excluding hydrogens is 373 g/mol. The number of carbonyl (C=O) groups excluding carboxylic acids is 1. The second kappa shape index (κ2) is 8.50. The van der Waals surface area contributed by atoms with E-state index in [-0.39, 0.29) is 11.7 Å². The van der Waals surface area contributed by atoms with Crippen LogP contribution in [0.2, 0.25) is 0 Å². The number of alkyl halides is 3. The maximum atomic E-state index is 12.5. The number of piperidine rings is 1. The van der Waals surface area contributed by atoms with Gasteiger partial charge in [-0.3, -0.25) is 9.78 Å². The Balaban J connectivity index is 1.48. The van der Waals surface area contributed by atoms with Crippen LogP contribution in [0.4, 0.5) is 13.2 Å². The predicted octanol–water partition coefficient (Wildman–Crippen LogP) is 4.22. The average Bonchev–Trinajstić information content (AvgIpc) is 2.66. The minimum atomic E-state index is -4.75. The fourth-order valence-corrected chi connectivity index (χ4v) is 3.11. The molecular formula is C20H21F3N2O3. The molecule has 0 N–H and O–H groups in total. The van der Waals surface area contributed by atoms with Crippen molar-refractivity contribution in [2.24, 2.45) is 5.92 Å². The molecule has 0 saturated carbocycles. The van der Waals surface area contributed by atoms with E-state index in [9.17, 15) is 18.0 Å². The smallest absolute Gasteiger partial charge is 0.493 e. The first-order chi connectivity index (χ1) is 13.3. The van der Waals surface area contributed by atoms with Crippen molar-refractivity contribution in [3.63, 3.8) is 0 Å². The number of likely N-dealkylation sites (tertiary alicyclic amines) is 1. The molecule has 1 amide bonds. The molecule has 1 fully saturated rings. The van der Waals surface area contributed by atoms with Crippen molar-refractivity contribution in [1.29, 1.82) is 0 Å². The van der Waals surface area contributed by atoms with Crippen LogP contribution < -0.4 is 9.47 Å². The van der Waals surface area contributed by atoms with Crippen LogP contribution in [0.5, 0.6) is 11.5 Å². The second-order valence-corrected chi connectivity index (χ2v) is 6.75. The van der Waals surface area contributed by atoms with Crippen LogP contribution in [0.1, 0.15) is 28.9 Å². The normalized spacial score (nSPS) is 15.4. The zero-order chi connectivity index (χ0) is 20.1. The summed E-state index contributed by atoms with van der Waals surface area (Å²) in [6.45, 7) is 3.65. The van der Waals surface area contributed by atoms with Crippen LogP contribution in [-0.2, 0) is 0 Å². The molecule has 2 heterocycles. The van der Waals surface area contributed by atoms with Gasteiger partial charge in [0.1, 0.15) is 11.5 Å². The Morgan fingerprint density at radius 1 is 1.14 bits per heavy atom. The molecule has 8 heteroatoms. The summed E-state index contributed by atoms with van der Waals surface area (Å²) in [5.74, 6) is 0.598. The van der Waals surface area contributed by atoms with Gasteiger partial charge in [-0.05, 0) is 56.0 Å². The summed E-state index contributed by atoms with van der Waals surface area (Å²) < 4.78 is 46.3. The Bertz CT molecular complexity index is 801. The summed E-state index contributed by atoms with van der Waals surface area (Å²) in [6, 6.07) is 8.70. The van der Waals surface area contributed by atoms with Gasteiger partial charge >= 0.3 is 6.36 Å². The second-order valence-electron chi connectivity index (χ2n) is 6.75.